The lowest BCUT2D eigenvalue weighted by Gasteiger charge is -2.35. The van der Waals surface area contributed by atoms with E-state index in [1.165, 1.54) is 36.4 Å². The predicted octanol–water partition coefficient (Wildman–Crippen LogP) is 4.30. The quantitative estimate of drug-likeness (QED) is 0.747. The summed E-state index contributed by atoms with van der Waals surface area (Å²) >= 11 is 1.71. The van der Waals surface area contributed by atoms with Crippen molar-refractivity contribution in [2.45, 2.75) is 51.9 Å². The Bertz CT molecular complexity index is 665. The molecule has 0 aliphatic carbocycles. The maximum Gasteiger partial charge on any atom is 0.161 e. The van der Waals surface area contributed by atoms with E-state index in [0.717, 1.165) is 18.0 Å². The third-order valence-electron chi connectivity index (χ3n) is 5.03. The molecule has 0 bridgehead atoms. The molecule has 1 aliphatic rings. The fraction of sp³-hybridized carbons (Fsp3) is 0.524. The fourth-order valence-corrected chi connectivity index (χ4v) is 3.98. The molecule has 0 atom stereocenters. The van der Waals surface area contributed by atoms with Crippen LogP contribution >= 0.6 is 11.3 Å². The van der Waals surface area contributed by atoms with Gasteiger partial charge in [0, 0.05) is 23.5 Å². The van der Waals surface area contributed by atoms with Gasteiger partial charge in [0.1, 0.15) is 6.61 Å². The number of thiophene rings is 1. The highest BCUT2D eigenvalue weighted by Crippen LogP contribution is 2.29. The molecular formula is C21H30N2O2S. The lowest BCUT2D eigenvalue weighted by atomic mass is 10.0. The van der Waals surface area contributed by atoms with Crippen LogP contribution in [0.25, 0.3) is 0 Å². The van der Waals surface area contributed by atoms with E-state index in [-0.39, 0.29) is 0 Å². The smallest absolute Gasteiger partial charge is 0.161 e. The second-order valence-electron chi connectivity index (χ2n) is 7.14. The Balaban J connectivity index is 1.51. The second kappa shape index (κ2) is 9.40. The van der Waals surface area contributed by atoms with Crippen molar-refractivity contribution in [3.8, 4) is 11.5 Å². The van der Waals surface area contributed by atoms with Gasteiger partial charge in [0.25, 0.3) is 0 Å². The van der Waals surface area contributed by atoms with Gasteiger partial charge >= 0.3 is 0 Å². The van der Waals surface area contributed by atoms with Gasteiger partial charge < -0.3 is 19.7 Å². The number of hydrogen-bond donors (Lipinski definition) is 1. The van der Waals surface area contributed by atoms with Crippen LogP contribution in [0.3, 0.4) is 0 Å². The Labute approximate surface area is 161 Å². The molecule has 2 aromatic rings. The number of nitrogens with one attached hydrogen (secondary N) is 1. The first-order chi connectivity index (χ1) is 12.7. The predicted molar refractivity (Wildman–Crippen MR) is 108 cm³/mol. The van der Waals surface area contributed by atoms with Crippen LogP contribution in [0.4, 0.5) is 0 Å². The van der Waals surface area contributed by atoms with Crippen LogP contribution in [-0.2, 0) is 13.2 Å². The first kappa shape index (κ1) is 19.2. The van der Waals surface area contributed by atoms with Gasteiger partial charge in [-0.05, 0) is 68.9 Å². The summed E-state index contributed by atoms with van der Waals surface area (Å²) in [4.78, 5) is 3.77. The summed E-state index contributed by atoms with van der Waals surface area (Å²) in [6.45, 7) is 8.39. The molecule has 142 valence electrons. The maximum atomic E-state index is 5.92. The first-order valence-corrected chi connectivity index (χ1v) is 10.3. The van der Waals surface area contributed by atoms with Crippen LogP contribution in [0.15, 0.2) is 35.7 Å². The lowest BCUT2D eigenvalue weighted by Crippen LogP contribution is -2.44. The van der Waals surface area contributed by atoms with Crippen LogP contribution in [-0.4, -0.2) is 37.2 Å². The van der Waals surface area contributed by atoms with E-state index in [1.54, 1.807) is 18.4 Å². The summed E-state index contributed by atoms with van der Waals surface area (Å²) in [5, 5.41) is 5.77. The van der Waals surface area contributed by atoms with Gasteiger partial charge in [-0.1, -0.05) is 12.1 Å². The minimum atomic E-state index is 0.583. The number of methoxy groups -OCH3 is 1. The second-order valence-corrected chi connectivity index (χ2v) is 8.17. The van der Waals surface area contributed by atoms with Crippen LogP contribution in [0, 0.1) is 0 Å². The Hall–Kier alpha value is -1.56. The summed E-state index contributed by atoms with van der Waals surface area (Å²) in [5.41, 5.74) is 1.23. The van der Waals surface area contributed by atoms with Crippen molar-refractivity contribution in [3.05, 3.63) is 46.2 Å². The molecular weight excluding hydrogens is 344 g/mol. The number of hydrogen-bond acceptors (Lipinski definition) is 5. The number of nitrogens with zero attached hydrogens (tertiary/aromatic N) is 1. The van der Waals surface area contributed by atoms with Gasteiger partial charge in [-0.3, -0.25) is 0 Å². The Morgan fingerprint density at radius 1 is 1.19 bits per heavy atom. The van der Waals surface area contributed by atoms with Crippen LogP contribution in [0.2, 0.25) is 0 Å². The van der Waals surface area contributed by atoms with Gasteiger partial charge in [0.05, 0.1) is 7.11 Å². The zero-order valence-corrected chi connectivity index (χ0v) is 16.8. The highest BCUT2D eigenvalue weighted by Gasteiger charge is 2.20. The van der Waals surface area contributed by atoms with E-state index >= 15 is 0 Å². The number of rotatable bonds is 8. The van der Waals surface area contributed by atoms with E-state index < -0.39 is 0 Å². The summed E-state index contributed by atoms with van der Waals surface area (Å²) < 4.78 is 11.4. The molecule has 1 saturated heterocycles. The van der Waals surface area contributed by atoms with E-state index in [0.29, 0.717) is 18.7 Å². The van der Waals surface area contributed by atoms with Gasteiger partial charge in [-0.15, -0.1) is 11.3 Å². The summed E-state index contributed by atoms with van der Waals surface area (Å²) in [6.07, 6.45) is 2.44. The molecule has 1 aliphatic heterocycles. The van der Waals surface area contributed by atoms with Gasteiger partial charge in [0.2, 0.25) is 0 Å². The Morgan fingerprint density at radius 2 is 2.00 bits per heavy atom. The minimum Gasteiger partial charge on any atom is -0.493 e. The molecule has 0 amide bonds. The molecule has 1 aromatic carbocycles. The largest absolute Gasteiger partial charge is 0.493 e. The molecule has 0 saturated carbocycles. The van der Waals surface area contributed by atoms with Crippen molar-refractivity contribution >= 4 is 11.3 Å². The molecule has 3 rings (SSSR count). The normalized spacial score (nSPS) is 16.2. The molecule has 1 fully saturated rings. The first-order valence-electron chi connectivity index (χ1n) is 9.45. The van der Waals surface area contributed by atoms with Crippen LogP contribution in [0.1, 0.15) is 37.1 Å². The number of piperidine rings is 1. The van der Waals surface area contributed by atoms with Crippen molar-refractivity contribution in [2.75, 3.05) is 20.2 Å². The monoisotopic (exact) mass is 374 g/mol. The zero-order chi connectivity index (χ0) is 18.4. The topological polar surface area (TPSA) is 33.7 Å². The number of likely N-dealkylation sites (tertiary alicyclic amines) is 1. The van der Waals surface area contributed by atoms with Crippen molar-refractivity contribution in [3.63, 3.8) is 0 Å². The zero-order valence-electron chi connectivity index (χ0n) is 16.0. The molecule has 5 heteroatoms. The van der Waals surface area contributed by atoms with E-state index in [4.69, 9.17) is 9.47 Å². The Kier molecular flexibility index (Phi) is 6.94. The van der Waals surface area contributed by atoms with Crippen molar-refractivity contribution < 1.29 is 9.47 Å². The molecule has 0 spiro atoms. The van der Waals surface area contributed by atoms with Crippen molar-refractivity contribution in [1.29, 1.82) is 0 Å². The third kappa shape index (κ3) is 5.22. The molecule has 0 radical (unpaired) electrons. The molecule has 2 heterocycles. The standard InChI is InChI=1S/C21H30N2O2S/c1-16(2)23-10-8-18(9-11-23)22-14-17-6-7-20(21(13-17)24-3)25-15-19-5-4-12-26-19/h4-7,12-13,16,18,22H,8-11,14-15H2,1-3H3. The van der Waals surface area contributed by atoms with Crippen molar-refractivity contribution in [1.82, 2.24) is 10.2 Å². The average Bonchev–Trinajstić information content (AvgIpc) is 3.19. The number of ether oxygens (including phenoxy) is 2. The summed E-state index contributed by atoms with van der Waals surface area (Å²) in [7, 11) is 1.70. The van der Waals surface area contributed by atoms with E-state index in [9.17, 15) is 0 Å². The highest BCUT2D eigenvalue weighted by atomic mass is 32.1. The molecule has 0 unspecified atom stereocenters. The molecule has 4 nitrogen and oxygen atoms in total. The summed E-state index contributed by atoms with van der Waals surface area (Å²) in [5.74, 6) is 1.60. The summed E-state index contributed by atoms with van der Waals surface area (Å²) in [6, 6.07) is 11.6. The van der Waals surface area contributed by atoms with Gasteiger partial charge in [-0.25, -0.2) is 0 Å². The highest BCUT2D eigenvalue weighted by molar-refractivity contribution is 7.09. The molecule has 26 heavy (non-hydrogen) atoms. The third-order valence-corrected chi connectivity index (χ3v) is 5.88. The fourth-order valence-electron chi connectivity index (χ4n) is 3.37. The maximum absolute atomic E-state index is 5.92. The van der Waals surface area contributed by atoms with Crippen molar-refractivity contribution in [2.24, 2.45) is 0 Å². The number of benzene rings is 1. The average molecular weight is 375 g/mol. The molecule has 1 aromatic heterocycles. The van der Waals surface area contributed by atoms with Gasteiger partial charge in [0.15, 0.2) is 11.5 Å². The van der Waals surface area contributed by atoms with Crippen LogP contribution < -0.4 is 14.8 Å². The Morgan fingerprint density at radius 3 is 2.65 bits per heavy atom. The lowest BCUT2D eigenvalue weighted by molar-refractivity contribution is 0.161. The molecule has 1 N–H and O–H groups in total. The van der Waals surface area contributed by atoms with E-state index in [1.807, 2.05) is 12.1 Å². The van der Waals surface area contributed by atoms with E-state index in [2.05, 4.69) is 47.6 Å². The minimum absolute atomic E-state index is 0.583. The van der Waals surface area contributed by atoms with Crippen LogP contribution in [0.5, 0.6) is 11.5 Å². The SMILES string of the molecule is COc1cc(CNC2CCN(C(C)C)CC2)ccc1OCc1cccs1. The van der Waals surface area contributed by atoms with Gasteiger partial charge in [-0.2, -0.15) is 0 Å².